The monoisotopic (exact) mass is 390 g/mol. The van der Waals surface area contributed by atoms with Gasteiger partial charge in [0.1, 0.15) is 27.3 Å². The summed E-state index contributed by atoms with van der Waals surface area (Å²) < 4.78 is 22.1. The first-order valence-electron chi connectivity index (χ1n) is 7.11. The molecule has 0 N–H and O–H groups in total. The molecule has 3 rings (SSSR count). The standard InChI is InChI=1S/C18H15BrO5/c1-21-11-6-4-10(5-7-11)8-14-17(20)15-12(22-2)9-13(23-3)16(19)18(15)24-14/h4-9H,1-3H3/b14-8+. The predicted molar refractivity (Wildman–Crippen MR) is 93.2 cm³/mol. The molecule has 0 aliphatic carbocycles. The van der Waals surface area contributed by atoms with Crippen molar-refractivity contribution in [3.8, 4) is 23.0 Å². The van der Waals surface area contributed by atoms with Crippen molar-refractivity contribution < 1.29 is 23.7 Å². The Balaban J connectivity index is 2.03. The average molecular weight is 391 g/mol. The lowest BCUT2D eigenvalue weighted by atomic mass is 10.1. The van der Waals surface area contributed by atoms with Gasteiger partial charge in [0.25, 0.3) is 0 Å². The highest BCUT2D eigenvalue weighted by Crippen LogP contribution is 2.48. The molecule has 5 nitrogen and oxygen atoms in total. The van der Waals surface area contributed by atoms with Gasteiger partial charge < -0.3 is 18.9 Å². The number of halogens is 1. The van der Waals surface area contributed by atoms with E-state index in [1.54, 1.807) is 19.3 Å². The van der Waals surface area contributed by atoms with Crippen LogP contribution in [0.1, 0.15) is 15.9 Å². The van der Waals surface area contributed by atoms with E-state index in [2.05, 4.69) is 15.9 Å². The summed E-state index contributed by atoms with van der Waals surface area (Å²) in [5.41, 5.74) is 1.21. The van der Waals surface area contributed by atoms with Crippen molar-refractivity contribution in [2.75, 3.05) is 21.3 Å². The van der Waals surface area contributed by atoms with Crippen LogP contribution >= 0.6 is 15.9 Å². The molecular formula is C18H15BrO5. The second-order valence-electron chi connectivity index (χ2n) is 5.01. The maximum atomic E-state index is 12.7. The van der Waals surface area contributed by atoms with Gasteiger partial charge in [0.2, 0.25) is 5.78 Å². The van der Waals surface area contributed by atoms with Crippen molar-refractivity contribution in [1.82, 2.24) is 0 Å². The van der Waals surface area contributed by atoms with Crippen molar-refractivity contribution in [2.24, 2.45) is 0 Å². The van der Waals surface area contributed by atoms with E-state index in [0.717, 1.165) is 11.3 Å². The van der Waals surface area contributed by atoms with Gasteiger partial charge in [-0.2, -0.15) is 0 Å². The molecule has 0 atom stereocenters. The number of Topliss-reactive ketones (excluding diaryl/α,β-unsaturated/α-hetero) is 1. The van der Waals surface area contributed by atoms with E-state index >= 15 is 0 Å². The van der Waals surface area contributed by atoms with Crippen LogP contribution in [0.25, 0.3) is 6.08 Å². The van der Waals surface area contributed by atoms with Gasteiger partial charge in [-0.3, -0.25) is 4.79 Å². The number of ether oxygens (including phenoxy) is 4. The van der Waals surface area contributed by atoms with Crippen LogP contribution in [0.4, 0.5) is 0 Å². The van der Waals surface area contributed by atoms with Crippen molar-refractivity contribution >= 4 is 27.8 Å². The molecule has 6 heteroatoms. The fourth-order valence-corrected chi connectivity index (χ4v) is 2.99. The van der Waals surface area contributed by atoms with Crippen LogP contribution in [0.5, 0.6) is 23.0 Å². The van der Waals surface area contributed by atoms with Gasteiger partial charge in [-0.25, -0.2) is 0 Å². The fraction of sp³-hybridized carbons (Fsp3) is 0.167. The number of carbonyl (C=O) groups is 1. The number of fused-ring (bicyclic) bond motifs is 1. The average Bonchev–Trinajstić information content (AvgIpc) is 2.94. The second-order valence-corrected chi connectivity index (χ2v) is 5.81. The lowest BCUT2D eigenvalue weighted by Gasteiger charge is -2.10. The number of benzene rings is 2. The summed E-state index contributed by atoms with van der Waals surface area (Å²) in [5.74, 6) is 2.07. The number of ketones is 1. The van der Waals surface area contributed by atoms with Gasteiger partial charge >= 0.3 is 0 Å². The van der Waals surface area contributed by atoms with Crippen LogP contribution in [-0.2, 0) is 0 Å². The Kier molecular flexibility index (Phi) is 4.49. The van der Waals surface area contributed by atoms with E-state index in [0.29, 0.717) is 27.3 Å². The number of allylic oxidation sites excluding steroid dienone is 1. The summed E-state index contributed by atoms with van der Waals surface area (Å²) in [4.78, 5) is 12.7. The third kappa shape index (κ3) is 2.73. The molecule has 1 aliphatic heterocycles. The minimum Gasteiger partial charge on any atom is -0.497 e. The topological polar surface area (TPSA) is 54.0 Å². The highest BCUT2D eigenvalue weighted by atomic mass is 79.9. The Hall–Kier alpha value is -2.47. The first-order chi connectivity index (χ1) is 11.6. The largest absolute Gasteiger partial charge is 0.497 e. The van der Waals surface area contributed by atoms with Crippen molar-refractivity contribution in [3.63, 3.8) is 0 Å². The van der Waals surface area contributed by atoms with Crippen LogP contribution in [0.15, 0.2) is 40.6 Å². The first-order valence-corrected chi connectivity index (χ1v) is 7.91. The Labute approximate surface area is 147 Å². The third-order valence-electron chi connectivity index (χ3n) is 3.67. The summed E-state index contributed by atoms with van der Waals surface area (Å²) in [7, 11) is 4.64. The predicted octanol–water partition coefficient (Wildman–Crippen LogP) is 4.09. The van der Waals surface area contributed by atoms with Gasteiger partial charge in [-0.05, 0) is 39.7 Å². The molecule has 24 heavy (non-hydrogen) atoms. The molecule has 1 aliphatic rings. The second kappa shape index (κ2) is 6.57. The molecule has 0 fully saturated rings. The number of hydrogen-bond acceptors (Lipinski definition) is 5. The molecule has 2 aromatic rings. The highest BCUT2D eigenvalue weighted by Gasteiger charge is 2.34. The maximum Gasteiger partial charge on any atom is 0.235 e. The molecule has 0 bridgehead atoms. The van der Waals surface area contributed by atoms with E-state index in [1.807, 2.05) is 24.3 Å². The molecule has 0 amide bonds. The number of rotatable bonds is 4. The van der Waals surface area contributed by atoms with Gasteiger partial charge in [-0.15, -0.1) is 0 Å². The van der Waals surface area contributed by atoms with Crippen molar-refractivity contribution in [1.29, 1.82) is 0 Å². The zero-order chi connectivity index (χ0) is 17.3. The molecule has 0 unspecified atom stereocenters. The SMILES string of the molecule is COc1ccc(/C=C2/Oc3c(Br)c(OC)cc(OC)c3C2=O)cc1. The van der Waals surface area contributed by atoms with Crippen molar-refractivity contribution in [2.45, 2.75) is 0 Å². The minimum absolute atomic E-state index is 0.224. The summed E-state index contributed by atoms with van der Waals surface area (Å²) in [6.45, 7) is 0. The van der Waals surface area contributed by atoms with Crippen LogP contribution in [0, 0.1) is 0 Å². The van der Waals surface area contributed by atoms with E-state index in [9.17, 15) is 4.79 Å². The van der Waals surface area contributed by atoms with Crippen molar-refractivity contribution in [3.05, 3.63) is 51.7 Å². The molecule has 0 radical (unpaired) electrons. The Bertz CT molecular complexity index is 824. The maximum absolute atomic E-state index is 12.7. The molecule has 2 aromatic carbocycles. The Morgan fingerprint density at radius 1 is 1.00 bits per heavy atom. The normalized spacial score (nSPS) is 14.3. The quantitative estimate of drug-likeness (QED) is 0.735. The molecule has 0 saturated carbocycles. The van der Waals surface area contributed by atoms with Crippen LogP contribution in [0.3, 0.4) is 0 Å². The molecule has 0 aromatic heterocycles. The fourth-order valence-electron chi connectivity index (χ4n) is 2.43. The zero-order valence-corrected chi connectivity index (χ0v) is 15.0. The third-order valence-corrected chi connectivity index (χ3v) is 4.42. The lowest BCUT2D eigenvalue weighted by molar-refractivity contribution is 0.101. The molecule has 0 spiro atoms. The van der Waals surface area contributed by atoms with Gasteiger partial charge in [-0.1, -0.05) is 12.1 Å². The first kappa shape index (κ1) is 16.4. The van der Waals surface area contributed by atoms with E-state index in [4.69, 9.17) is 18.9 Å². The molecule has 1 heterocycles. The highest BCUT2D eigenvalue weighted by molar-refractivity contribution is 9.10. The smallest absolute Gasteiger partial charge is 0.235 e. The summed E-state index contributed by atoms with van der Waals surface area (Å²) in [6, 6.07) is 8.98. The van der Waals surface area contributed by atoms with Gasteiger partial charge in [0, 0.05) is 6.07 Å². The van der Waals surface area contributed by atoms with Crippen LogP contribution in [-0.4, -0.2) is 27.1 Å². The molecular weight excluding hydrogens is 376 g/mol. The minimum atomic E-state index is -0.235. The van der Waals surface area contributed by atoms with E-state index < -0.39 is 0 Å². The number of hydrogen-bond donors (Lipinski definition) is 0. The zero-order valence-electron chi connectivity index (χ0n) is 13.4. The number of methoxy groups -OCH3 is 3. The lowest BCUT2D eigenvalue weighted by Crippen LogP contribution is -2.00. The Morgan fingerprint density at radius 3 is 2.25 bits per heavy atom. The Morgan fingerprint density at radius 2 is 1.67 bits per heavy atom. The van der Waals surface area contributed by atoms with Gasteiger partial charge in [0.15, 0.2) is 11.5 Å². The van der Waals surface area contributed by atoms with Crippen LogP contribution in [0.2, 0.25) is 0 Å². The van der Waals surface area contributed by atoms with Crippen LogP contribution < -0.4 is 18.9 Å². The summed E-state index contributed by atoms with van der Waals surface area (Å²) in [5, 5.41) is 0. The molecule has 124 valence electrons. The molecule has 0 saturated heterocycles. The summed E-state index contributed by atoms with van der Waals surface area (Å²) in [6.07, 6.45) is 1.68. The number of carbonyl (C=O) groups excluding carboxylic acids is 1. The van der Waals surface area contributed by atoms with E-state index in [-0.39, 0.29) is 11.5 Å². The van der Waals surface area contributed by atoms with Gasteiger partial charge in [0.05, 0.1) is 21.3 Å². The summed E-state index contributed by atoms with van der Waals surface area (Å²) >= 11 is 3.41. The van der Waals surface area contributed by atoms with E-state index in [1.165, 1.54) is 14.2 Å².